The fourth-order valence-electron chi connectivity index (χ4n) is 3.39. The summed E-state index contributed by atoms with van der Waals surface area (Å²) in [5.74, 6) is -0.172. The van der Waals surface area contributed by atoms with Gasteiger partial charge in [-0.2, -0.15) is 0 Å². The van der Waals surface area contributed by atoms with Crippen LogP contribution in [0.25, 0.3) is 0 Å². The Morgan fingerprint density at radius 3 is 1.00 bits per heavy atom. The van der Waals surface area contributed by atoms with Crippen LogP contribution in [-0.4, -0.2) is 59.6 Å². The average molecular weight is 386 g/mol. The van der Waals surface area contributed by atoms with Crippen molar-refractivity contribution in [2.75, 3.05) is 19.6 Å². The van der Waals surface area contributed by atoms with E-state index in [2.05, 4.69) is 20.8 Å². The van der Waals surface area contributed by atoms with Crippen molar-refractivity contribution in [3.05, 3.63) is 0 Å². The molecule has 0 aromatic rings. The Morgan fingerprint density at radius 2 is 0.846 bits per heavy atom. The lowest BCUT2D eigenvalue weighted by atomic mass is 10.3. The van der Waals surface area contributed by atoms with Gasteiger partial charge < -0.3 is 13.7 Å². The van der Waals surface area contributed by atoms with E-state index in [0.717, 1.165) is 38.5 Å². The predicted molar refractivity (Wildman–Crippen MR) is 109 cm³/mol. The average Bonchev–Trinajstić information content (AvgIpc) is 2.54. The van der Waals surface area contributed by atoms with E-state index < -0.39 is 8.56 Å². The zero-order valence-corrected chi connectivity index (χ0v) is 18.9. The van der Waals surface area contributed by atoms with Gasteiger partial charge in [0, 0.05) is 40.4 Å². The molecule has 0 fully saturated rings. The van der Waals surface area contributed by atoms with Gasteiger partial charge in [-0.3, -0.25) is 14.4 Å². The van der Waals surface area contributed by atoms with Crippen LogP contribution in [0, 0.1) is 0 Å². The first-order valence-electron chi connectivity index (χ1n) is 10.0. The molecule has 0 heterocycles. The first kappa shape index (κ1) is 24.6. The van der Waals surface area contributed by atoms with Gasteiger partial charge in [0.25, 0.3) is 0 Å². The minimum absolute atomic E-state index is 0.0573. The summed E-state index contributed by atoms with van der Waals surface area (Å²) < 4.78 is 5.51. The minimum atomic E-state index is -2.99. The van der Waals surface area contributed by atoms with E-state index in [0.29, 0.717) is 19.6 Å². The lowest BCUT2D eigenvalue weighted by molar-refractivity contribution is -0.130. The third kappa shape index (κ3) is 6.41. The minimum Gasteiger partial charge on any atom is -0.335 e. The number of hydrogen-bond acceptors (Lipinski definition) is 3. The van der Waals surface area contributed by atoms with Crippen LogP contribution in [0.4, 0.5) is 0 Å². The van der Waals surface area contributed by atoms with Crippen molar-refractivity contribution >= 4 is 26.3 Å². The molecule has 0 bridgehead atoms. The third-order valence-corrected chi connectivity index (χ3v) is 9.56. The van der Waals surface area contributed by atoms with Crippen molar-refractivity contribution in [2.24, 2.45) is 0 Å². The van der Waals surface area contributed by atoms with Crippen LogP contribution in [-0.2, 0) is 14.4 Å². The maximum absolute atomic E-state index is 12.6. The second-order valence-corrected chi connectivity index (χ2v) is 10.6. The highest BCUT2D eigenvalue weighted by molar-refractivity contribution is 6.76. The molecule has 0 aromatic heterocycles. The standard InChI is InChI=1S/C19H39N3O3Si/c1-8-11-14-20(17(4)23)26(7,21(18(5)24)15-12-9-2)22(19(6)25)16-13-10-3/h8-16H2,1-7H3. The smallest absolute Gasteiger partial charge is 0.335 e. The summed E-state index contributed by atoms with van der Waals surface area (Å²) >= 11 is 0. The fraction of sp³-hybridized carbons (Fsp3) is 0.842. The molecule has 0 radical (unpaired) electrons. The summed E-state index contributed by atoms with van der Waals surface area (Å²) in [6.45, 7) is 14.6. The number of carbonyl (C=O) groups is 3. The summed E-state index contributed by atoms with van der Waals surface area (Å²) in [5.41, 5.74) is 0. The SMILES string of the molecule is CCCCN(C(C)=O)[Si](C)(N(CCCC)C(C)=O)N(CCCC)C(C)=O. The Labute approximate surface area is 161 Å². The monoisotopic (exact) mass is 385 g/mol. The lowest BCUT2D eigenvalue weighted by Crippen LogP contribution is -2.76. The second-order valence-electron chi connectivity index (χ2n) is 7.04. The predicted octanol–water partition coefficient (Wildman–Crippen LogP) is 3.50. The summed E-state index contributed by atoms with van der Waals surface area (Å²) in [5, 5.41) is 0. The summed E-state index contributed by atoms with van der Waals surface area (Å²) in [4.78, 5) is 37.7. The van der Waals surface area contributed by atoms with Crippen LogP contribution in [0.3, 0.4) is 0 Å². The van der Waals surface area contributed by atoms with E-state index in [1.807, 2.05) is 20.2 Å². The number of rotatable bonds is 12. The normalized spacial score (nSPS) is 11.2. The number of nitrogens with zero attached hydrogens (tertiary/aromatic N) is 3. The first-order chi connectivity index (χ1) is 12.2. The van der Waals surface area contributed by atoms with E-state index in [9.17, 15) is 14.4 Å². The highest BCUT2D eigenvalue weighted by Crippen LogP contribution is 2.24. The molecular weight excluding hydrogens is 346 g/mol. The number of amides is 3. The van der Waals surface area contributed by atoms with Gasteiger partial charge in [0.1, 0.15) is 0 Å². The van der Waals surface area contributed by atoms with Crippen molar-refractivity contribution in [2.45, 2.75) is 86.6 Å². The van der Waals surface area contributed by atoms with Gasteiger partial charge >= 0.3 is 8.56 Å². The molecule has 3 amide bonds. The molecule has 0 unspecified atom stereocenters. The fourth-order valence-corrected chi connectivity index (χ4v) is 7.80. The van der Waals surface area contributed by atoms with E-state index in [-0.39, 0.29) is 17.7 Å². The van der Waals surface area contributed by atoms with Gasteiger partial charge in [-0.25, -0.2) is 0 Å². The highest BCUT2D eigenvalue weighted by Gasteiger charge is 2.51. The van der Waals surface area contributed by atoms with Gasteiger partial charge in [0.05, 0.1) is 0 Å². The zero-order chi connectivity index (χ0) is 20.3. The molecule has 0 rings (SSSR count). The molecule has 0 aliphatic rings. The number of unbranched alkanes of at least 4 members (excludes halogenated alkanes) is 3. The van der Waals surface area contributed by atoms with Gasteiger partial charge in [-0.05, 0) is 25.8 Å². The van der Waals surface area contributed by atoms with E-state index in [1.165, 1.54) is 0 Å². The molecule has 0 N–H and O–H groups in total. The van der Waals surface area contributed by atoms with Gasteiger partial charge in [0.2, 0.25) is 17.7 Å². The summed E-state index contributed by atoms with van der Waals surface area (Å²) in [6.07, 6.45) is 5.46. The van der Waals surface area contributed by atoms with Gasteiger partial charge in [-0.15, -0.1) is 0 Å². The van der Waals surface area contributed by atoms with Crippen LogP contribution >= 0.6 is 0 Å². The molecule has 0 saturated heterocycles. The van der Waals surface area contributed by atoms with E-state index in [1.54, 1.807) is 20.8 Å². The van der Waals surface area contributed by atoms with Crippen LogP contribution < -0.4 is 0 Å². The maximum atomic E-state index is 12.6. The van der Waals surface area contributed by atoms with Crippen LogP contribution in [0.15, 0.2) is 0 Å². The van der Waals surface area contributed by atoms with Crippen molar-refractivity contribution in [1.29, 1.82) is 0 Å². The van der Waals surface area contributed by atoms with Crippen molar-refractivity contribution in [3.63, 3.8) is 0 Å². The highest BCUT2D eigenvalue weighted by atomic mass is 28.4. The molecule has 152 valence electrons. The molecule has 0 aromatic carbocycles. The summed E-state index contributed by atoms with van der Waals surface area (Å²) in [6, 6.07) is 0. The molecular formula is C19H39N3O3Si. The van der Waals surface area contributed by atoms with Crippen LogP contribution in [0.1, 0.15) is 80.1 Å². The topological polar surface area (TPSA) is 60.9 Å². The molecule has 0 aliphatic carbocycles. The lowest BCUT2D eigenvalue weighted by Gasteiger charge is -2.51. The number of carbonyl (C=O) groups excluding carboxylic acids is 3. The van der Waals surface area contributed by atoms with Crippen LogP contribution in [0.2, 0.25) is 6.55 Å². The Bertz CT molecular complexity index is 406. The quantitative estimate of drug-likeness (QED) is 0.483. The molecule has 0 aliphatic heterocycles. The Kier molecular flexibility index (Phi) is 11.5. The van der Waals surface area contributed by atoms with E-state index >= 15 is 0 Å². The zero-order valence-electron chi connectivity index (χ0n) is 17.9. The van der Waals surface area contributed by atoms with Crippen LogP contribution in [0.5, 0.6) is 0 Å². The molecule has 7 heteroatoms. The van der Waals surface area contributed by atoms with Crippen molar-refractivity contribution in [1.82, 2.24) is 13.7 Å². The maximum Gasteiger partial charge on any atom is 0.383 e. The molecule has 0 saturated carbocycles. The second kappa shape index (κ2) is 12.1. The summed E-state index contributed by atoms with van der Waals surface area (Å²) in [7, 11) is -2.99. The molecule has 0 atom stereocenters. The van der Waals surface area contributed by atoms with E-state index in [4.69, 9.17) is 0 Å². The largest absolute Gasteiger partial charge is 0.383 e. The Hall–Kier alpha value is -1.37. The van der Waals surface area contributed by atoms with Gasteiger partial charge in [-0.1, -0.05) is 40.0 Å². The Balaban J connectivity index is 6.25. The Morgan fingerprint density at radius 1 is 0.615 bits per heavy atom. The van der Waals surface area contributed by atoms with Gasteiger partial charge in [0.15, 0.2) is 0 Å². The molecule has 26 heavy (non-hydrogen) atoms. The third-order valence-electron chi connectivity index (χ3n) is 4.88. The number of hydrogen-bond donors (Lipinski definition) is 0. The molecule has 0 spiro atoms. The molecule has 6 nitrogen and oxygen atoms in total. The van der Waals surface area contributed by atoms with Crippen molar-refractivity contribution in [3.8, 4) is 0 Å². The van der Waals surface area contributed by atoms with Crippen molar-refractivity contribution < 1.29 is 14.4 Å². The first-order valence-corrected chi connectivity index (χ1v) is 12.4.